The van der Waals surface area contributed by atoms with Crippen LogP contribution in [0.1, 0.15) is 11.1 Å². The van der Waals surface area contributed by atoms with E-state index in [1.54, 1.807) is 12.4 Å². The third-order valence-electron chi connectivity index (χ3n) is 7.57. The molecule has 1 fully saturated rings. The van der Waals surface area contributed by atoms with Crippen LogP contribution in [0.4, 0.5) is 21.6 Å². The minimum atomic E-state index is -0.449. The molecule has 1 aliphatic heterocycles. The van der Waals surface area contributed by atoms with Gasteiger partial charge in [-0.3, -0.25) is 4.90 Å². The van der Waals surface area contributed by atoms with Gasteiger partial charge >= 0.3 is 0 Å². The first-order chi connectivity index (χ1) is 20.5. The van der Waals surface area contributed by atoms with E-state index in [1.165, 1.54) is 12.1 Å². The number of β-amino-alcohol motifs (C(OH)–C–C–N with tert-alkyl or cyclic N) is 1. The molecule has 0 aliphatic carbocycles. The topological polar surface area (TPSA) is 87.5 Å². The van der Waals surface area contributed by atoms with Crippen LogP contribution < -0.4 is 10.6 Å². The number of benzene rings is 3. The highest BCUT2D eigenvalue weighted by molar-refractivity contribution is 5.93. The maximum Gasteiger partial charge on any atom is 0.141 e. The zero-order valence-corrected chi connectivity index (χ0v) is 23.6. The largest absolute Gasteiger partial charge is 0.390 e. The van der Waals surface area contributed by atoms with Crippen molar-refractivity contribution >= 4 is 28.1 Å². The molecule has 5 aromatic rings. The highest BCUT2D eigenvalue weighted by atomic mass is 19.1. The smallest absolute Gasteiger partial charge is 0.141 e. The summed E-state index contributed by atoms with van der Waals surface area (Å²) in [6, 6.07) is 20.9. The maximum atomic E-state index is 13.5. The molecule has 6 rings (SSSR count). The van der Waals surface area contributed by atoms with Crippen LogP contribution in [-0.4, -0.2) is 63.5 Å². The van der Waals surface area contributed by atoms with Crippen molar-refractivity contribution in [2.45, 2.75) is 26.1 Å². The van der Waals surface area contributed by atoms with Gasteiger partial charge in [0.2, 0.25) is 0 Å². The van der Waals surface area contributed by atoms with E-state index in [0.717, 1.165) is 76.7 Å². The van der Waals surface area contributed by atoms with Gasteiger partial charge < -0.3 is 25.0 Å². The van der Waals surface area contributed by atoms with Crippen molar-refractivity contribution in [3.63, 3.8) is 0 Å². The fraction of sp³-hybridized carbons (Fsp3) is 0.273. The number of anilines is 3. The molecule has 8 nitrogen and oxygen atoms in total. The van der Waals surface area contributed by atoms with E-state index in [4.69, 9.17) is 4.74 Å². The van der Waals surface area contributed by atoms with Crippen molar-refractivity contribution < 1.29 is 14.2 Å². The summed E-state index contributed by atoms with van der Waals surface area (Å²) in [5.41, 5.74) is 6.81. The first kappa shape index (κ1) is 27.8. The Morgan fingerprint density at radius 3 is 2.69 bits per heavy atom. The number of aliphatic hydroxyl groups is 1. The maximum absolute atomic E-state index is 13.5. The Bertz CT molecular complexity index is 1670. The zero-order valence-electron chi connectivity index (χ0n) is 23.6. The molecule has 0 amide bonds. The number of aliphatic hydroxyl groups excluding tert-OH is 1. The average molecular weight is 567 g/mol. The van der Waals surface area contributed by atoms with Crippen LogP contribution in [0.5, 0.6) is 0 Å². The van der Waals surface area contributed by atoms with E-state index in [2.05, 4.69) is 56.0 Å². The lowest BCUT2D eigenvalue weighted by Gasteiger charge is -2.28. The second-order valence-electron chi connectivity index (χ2n) is 10.8. The van der Waals surface area contributed by atoms with Crippen LogP contribution in [0.25, 0.3) is 22.0 Å². The second-order valence-corrected chi connectivity index (χ2v) is 10.8. The standard InChI is InChI=1S/C33H35FN6O2/c1-23-15-28(6-8-31(23)35-18-24-3-2-4-27(34)16-24)38-33-30-17-25(5-7-32(30)36-22-37-33)26-9-10-40(19-26)21-29(41)20-39-11-13-42-14-12-39/h2-10,15-17,19,22,29,35,41H,11-14,18,20-21H2,1H3,(H,36,37,38). The summed E-state index contributed by atoms with van der Waals surface area (Å²) in [5, 5.41) is 18.4. The molecule has 2 aromatic heterocycles. The number of aryl methyl sites for hydroxylation is 1. The Kier molecular flexibility index (Phi) is 8.41. The highest BCUT2D eigenvalue weighted by Crippen LogP contribution is 2.30. The van der Waals surface area contributed by atoms with E-state index < -0.39 is 6.10 Å². The first-order valence-electron chi connectivity index (χ1n) is 14.3. The van der Waals surface area contributed by atoms with Crippen molar-refractivity contribution in [2.24, 2.45) is 0 Å². The molecule has 1 atom stereocenters. The number of morpholine rings is 1. The lowest BCUT2D eigenvalue weighted by atomic mass is 10.1. The highest BCUT2D eigenvalue weighted by Gasteiger charge is 2.16. The van der Waals surface area contributed by atoms with Crippen molar-refractivity contribution in [2.75, 3.05) is 43.5 Å². The molecular weight excluding hydrogens is 531 g/mol. The first-order valence-corrected chi connectivity index (χ1v) is 14.3. The molecule has 216 valence electrons. The molecule has 0 saturated carbocycles. The summed E-state index contributed by atoms with van der Waals surface area (Å²) >= 11 is 0. The summed E-state index contributed by atoms with van der Waals surface area (Å²) in [6.45, 7) is 6.93. The van der Waals surface area contributed by atoms with E-state index in [0.29, 0.717) is 19.6 Å². The lowest BCUT2D eigenvalue weighted by Crippen LogP contribution is -2.41. The molecule has 3 aromatic carbocycles. The van der Waals surface area contributed by atoms with Gasteiger partial charge in [0.25, 0.3) is 0 Å². The minimum absolute atomic E-state index is 0.235. The minimum Gasteiger partial charge on any atom is -0.390 e. The van der Waals surface area contributed by atoms with Crippen LogP contribution >= 0.6 is 0 Å². The van der Waals surface area contributed by atoms with Crippen molar-refractivity contribution in [3.05, 3.63) is 102 Å². The summed E-state index contributed by atoms with van der Waals surface area (Å²) in [4.78, 5) is 11.3. The molecule has 1 unspecified atom stereocenters. The second kappa shape index (κ2) is 12.7. The SMILES string of the molecule is Cc1cc(Nc2ncnc3ccc(-c4ccn(CC(O)CN5CCOCC5)c4)cc23)ccc1NCc1cccc(F)c1. The quantitative estimate of drug-likeness (QED) is 0.203. The fourth-order valence-electron chi connectivity index (χ4n) is 5.36. The van der Waals surface area contributed by atoms with Gasteiger partial charge in [-0.05, 0) is 77.7 Å². The van der Waals surface area contributed by atoms with Gasteiger partial charge in [0.15, 0.2) is 0 Å². The zero-order chi connectivity index (χ0) is 28.9. The van der Waals surface area contributed by atoms with Crippen molar-refractivity contribution in [3.8, 4) is 11.1 Å². The molecule has 3 N–H and O–H groups in total. The Hall–Kier alpha value is -4.31. The normalized spacial score (nSPS) is 14.6. The van der Waals surface area contributed by atoms with Crippen molar-refractivity contribution in [1.82, 2.24) is 19.4 Å². The monoisotopic (exact) mass is 566 g/mol. The molecule has 0 radical (unpaired) electrons. The third-order valence-corrected chi connectivity index (χ3v) is 7.57. The number of nitrogens with one attached hydrogen (secondary N) is 2. The predicted octanol–water partition coefficient (Wildman–Crippen LogP) is 5.59. The molecular formula is C33H35FN6O2. The number of halogens is 1. The van der Waals surface area contributed by atoms with Gasteiger partial charge in [0.1, 0.15) is 18.0 Å². The number of hydrogen-bond acceptors (Lipinski definition) is 7. The van der Waals surface area contributed by atoms with Gasteiger partial charge in [0.05, 0.1) is 24.8 Å². The van der Waals surface area contributed by atoms with Crippen LogP contribution in [0.3, 0.4) is 0 Å². The summed E-state index contributed by atoms with van der Waals surface area (Å²) in [5.74, 6) is 0.490. The Morgan fingerprint density at radius 1 is 0.976 bits per heavy atom. The Morgan fingerprint density at radius 2 is 1.86 bits per heavy atom. The Balaban J connectivity index is 1.15. The van der Waals surface area contributed by atoms with E-state index in [9.17, 15) is 9.50 Å². The number of rotatable bonds is 10. The van der Waals surface area contributed by atoms with Gasteiger partial charge in [-0.2, -0.15) is 0 Å². The number of aromatic nitrogens is 3. The summed E-state index contributed by atoms with van der Waals surface area (Å²) < 4.78 is 21.0. The molecule has 9 heteroatoms. The number of hydrogen-bond donors (Lipinski definition) is 3. The summed E-state index contributed by atoms with van der Waals surface area (Å²) in [7, 11) is 0. The van der Waals surface area contributed by atoms with Crippen molar-refractivity contribution in [1.29, 1.82) is 0 Å². The number of nitrogens with zero attached hydrogens (tertiary/aromatic N) is 4. The molecule has 0 bridgehead atoms. The van der Waals surface area contributed by atoms with Crippen LogP contribution in [0.15, 0.2) is 85.5 Å². The van der Waals surface area contributed by atoms with Gasteiger partial charge in [0, 0.05) is 61.9 Å². The molecule has 3 heterocycles. The van der Waals surface area contributed by atoms with E-state index in [-0.39, 0.29) is 5.82 Å². The number of ether oxygens (including phenoxy) is 1. The van der Waals surface area contributed by atoms with Crippen LogP contribution in [0, 0.1) is 12.7 Å². The van der Waals surface area contributed by atoms with E-state index in [1.807, 2.05) is 42.0 Å². The fourth-order valence-corrected chi connectivity index (χ4v) is 5.36. The Labute approximate surface area is 244 Å². The predicted molar refractivity (Wildman–Crippen MR) is 164 cm³/mol. The summed E-state index contributed by atoms with van der Waals surface area (Å²) in [6.07, 6.45) is 5.20. The molecule has 0 spiro atoms. The molecule has 42 heavy (non-hydrogen) atoms. The van der Waals surface area contributed by atoms with Crippen LogP contribution in [0.2, 0.25) is 0 Å². The van der Waals surface area contributed by atoms with Gasteiger partial charge in [-0.25, -0.2) is 14.4 Å². The lowest BCUT2D eigenvalue weighted by molar-refractivity contribution is 0.0115. The molecule has 1 aliphatic rings. The van der Waals surface area contributed by atoms with E-state index >= 15 is 0 Å². The van der Waals surface area contributed by atoms with Gasteiger partial charge in [-0.15, -0.1) is 0 Å². The van der Waals surface area contributed by atoms with Crippen LogP contribution in [-0.2, 0) is 17.8 Å². The third kappa shape index (κ3) is 6.76. The molecule has 1 saturated heterocycles. The van der Waals surface area contributed by atoms with Gasteiger partial charge in [-0.1, -0.05) is 18.2 Å². The number of fused-ring (bicyclic) bond motifs is 1. The average Bonchev–Trinajstić information content (AvgIpc) is 3.45.